The third-order valence-electron chi connectivity index (χ3n) is 3.66. The molecule has 7 heteroatoms. The predicted octanol–water partition coefficient (Wildman–Crippen LogP) is 4.64. The van der Waals surface area contributed by atoms with Crippen molar-refractivity contribution in [2.45, 2.75) is 17.5 Å². The zero-order valence-electron chi connectivity index (χ0n) is 13.5. The van der Waals surface area contributed by atoms with Crippen LogP contribution in [0.4, 0.5) is 0 Å². The monoisotopic (exact) mass is 394 g/mol. The molecule has 3 aromatic rings. The van der Waals surface area contributed by atoms with Gasteiger partial charge in [0.15, 0.2) is 5.16 Å². The van der Waals surface area contributed by atoms with Gasteiger partial charge in [-0.15, -0.1) is 0 Å². The molecule has 0 radical (unpaired) electrons. The molecule has 0 unspecified atom stereocenters. The molecule has 25 heavy (non-hydrogen) atoms. The normalized spacial score (nSPS) is 11.2. The lowest BCUT2D eigenvalue weighted by molar-refractivity contribution is 0.183. The van der Waals surface area contributed by atoms with Crippen LogP contribution in [0.2, 0.25) is 10.0 Å². The van der Waals surface area contributed by atoms with Crippen LogP contribution in [-0.4, -0.2) is 23.3 Å². The largest absolute Gasteiger partial charge is 0.383 e. The van der Waals surface area contributed by atoms with Gasteiger partial charge in [-0.1, -0.05) is 47.1 Å². The van der Waals surface area contributed by atoms with Crippen LogP contribution in [0.15, 0.2) is 52.4 Å². The second kappa shape index (κ2) is 8.23. The average molecular weight is 395 g/mol. The fraction of sp³-hybridized carbons (Fsp3) is 0.222. The number of rotatable bonds is 6. The zero-order chi connectivity index (χ0) is 17.8. The number of aromatic nitrogens is 2. The highest BCUT2D eigenvalue weighted by Gasteiger charge is 2.12. The molecule has 3 rings (SSSR count). The molecule has 0 saturated heterocycles. The minimum atomic E-state index is -0.0905. The van der Waals surface area contributed by atoms with Crippen molar-refractivity contribution in [3.05, 3.63) is 68.4 Å². The van der Waals surface area contributed by atoms with Crippen LogP contribution in [0.25, 0.3) is 10.9 Å². The Morgan fingerprint density at radius 2 is 1.96 bits per heavy atom. The number of methoxy groups -OCH3 is 1. The number of halogens is 2. The van der Waals surface area contributed by atoms with Gasteiger partial charge < -0.3 is 4.74 Å². The first kappa shape index (κ1) is 18.3. The van der Waals surface area contributed by atoms with Crippen molar-refractivity contribution in [3.8, 4) is 0 Å². The highest BCUT2D eigenvalue weighted by Crippen LogP contribution is 2.24. The van der Waals surface area contributed by atoms with E-state index in [0.717, 1.165) is 5.56 Å². The molecule has 0 bridgehead atoms. The quantitative estimate of drug-likeness (QED) is 0.451. The lowest BCUT2D eigenvalue weighted by atomic mass is 10.2. The SMILES string of the molecule is COCCn1c(SCc2cccc(Cl)c2)nc2cc(Cl)ccc2c1=O. The van der Waals surface area contributed by atoms with E-state index in [0.29, 0.717) is 45.0 Å². The molecule has 0 atom stereocenters. The smallest absolute Gasteiger partial charge is 0.262 e. The number of benzene rings is 2. The number of hydrogen-bond acceptors (Lipinski definition) is 4. The zero-order valence-corrected chi connectivity index (χ0v) is 15.9. The lowest BCUT2D eigenvalue weighted by Crippen LogP contribution is -2.25. The van der Waals surface area contributed by atoms with E-state index in [4.69, 9.17) is 27.9 Å². The third kappa shape index (κ3) is 4.36. The molecule has 1 aromatic heterocycles. The number of nitrogens with zero attached hydrogens (tertiary/aromatic N) is 2. The van der Waals surface area contributed by atoms with Crippen molar-refractivity contribution in [2.75, 3.05) is 13.7 Å². The Balaban J connectivity index is 2.00. The van der Waals surface area contributed by atoms with Crippen LogP contribution in [0, 0.1) is 0 Å². The Labute approximate surface area is 159 Å². The van der Waals surface area contributed by atoms with Crippen molar-refractivity contribution in [1.82, 2.24) is 9.55 Å². The predicted molar refractivity (Wildman–Crippen MR) is 104 cm³/mol. The van der Waals surface area contributed by atoms with E-state index in [9.17, 15) is 4.79 Å². The molecule has 0 aliphatic heterocycles. The van der Waals surface area contributed by atoms with Crippen LogP contribution in [0.3, 0.4) is 0 Å². The first-order valence-corrected chi connectivity index (χ1v) is 9.39. The van der Waals surface area contributed by atoms with Crippen LogP contribution in [0.5, 0.6) is 0 Å². The second-order valence-electron chi connectivity index (χ2n) is 5.42. The van der Waals surface area contributed by atoms with Crippen molar-refractivity contribution in [1.29, 1.82) is 0 Å². The van der Waals surface area contributed by atoms with Gasteiger partial charge in [0, 0.05) is 22.9 Å². The van der Waals surface area contributed by atoms with E-state index in [2.05, 4.69) is 4.98 Å². The Kier molecular flexibility index (Phi) is 6.02. The molecule has 0 saturated carbocycles. The summed E-state index contributed by atoms with van der Waals surface area (Å²) in [6, 6.07) is 12.8. The maximum Gasteiger partial charge on any atom is 0.262 e. The van der Waals surface area contributed by atoms with Crippen LogP contribution >= 0.6 is 35.0 Å². The maximum absolute atomic E-state index is 12.8. The average Bonchev–Trinajstić information content (AvgIpc) is 2.59. The molecule has 4 nitrogen and oxygen atoms in total. The Morgan fingerprint density at radius 3 is 2.72 bits per heavy atom. The van der Waals surface area contributed by atoms with Gasteiger partial charge in [0.25, 0.3) is 5.56 Å². The molecular weight excluding hydrogens is 379 g/mol. The summed E-state index contributed by atoms with van der Waals surface area (Å²) >= 11 is 13.6. The number of ether oxygens (including phenoxy) is 1. The standard InChI is InChI=1S/C18H16Cl2N2O2S/c1-24-8-7-22-17(23)15-6-5-14(20)10-16(15)21-18(22)25-11-12-3-2-4-13(19)9-12/h2-6,9-10H,7-8,11H2,1H3. The highest BCUT2D eigenvalue weighted by atomic mass is 35.5. The summed E-state index contributed by atoms with van der Waals surface area (Å²) in [5, 5.41) is 2.43. The number of hydrogen-bond donors (Lipinski definition) is 0. The molecule has 1 heterocycles. The van der Waals surface area contributed by atoms with Crippen molar-refractivity contribution in [3.63, 3.8) is 0 Å². The molecule has 2 aromatic carbocycles. The van der Waals surface area contributed by atoms with E-state index in [1.54, 1.807) is 29.9 Å². The lowest BCUT2D eigenvalue weighted by Gasteiger charge is -2.13. The van der Waals surface area contributed by atoms with Gasteiger partial charge in [-0.25, -0.2) is 4.98 Å². The molecule has 0 aliphatic rings. The first-order valence-electron chi connectivity index (χ1n) is 7.65. The minimum absolute atomic E-state index is 0.0905. The van der Waals surface area contributed by atoms with Crippen LogP contribution < -0.4 is 5.56 Å². The molecular formula is C18H16Cl2N2O2S. The Morgan fingerprint density at radius 1 is 1.16 bits per heavy atom. The fourth-order valence-corrected chi connectivity index (χ4v) is 3.79. The van der Waals surface area contributed by atoms with Crippen molar-refractivity contribution < 1.29 is 4.74 Å². The molecule has 0 spiro atoms. The summed E-state index contributed by atoms with van der Waals surface area (Å²) in [6.45, 7) is 0.879. The van der Waals surface area contributed by atoms with E-state index < -0.39 is 0 Å². The minimum Gasteiger partial charge on any atom is -0.383 e. The molecule has 0 N–H and O–H groups in total. The molecule has 0 aliphatic carbocycles. The molecule has 0 amide bonds. The summed E-state index contributed by atoms with van der Waals surface area (Å²) in [5.41, 5.74) is 1.57. The van der Waals surface area contributed by atoms with E-state index in [-0.39, 0.29) is 5.56 Å². The number of thioether (sulfide) groups is 1. The summed E-state index contributed by atoms with van der Waals surface area (Å²) in [6.07, 6.45) is 0. The summed E-state index contributed by atoms with van der Waals surface area (Å²) < 4.78 is 6.78. The van der Waals surface area contributed by atoms with Gasteiger partial charge in [-0.2, -0.15) is 0 Å². The van der Waals surface area contributed by atoms with E-state index >= 15 is 0 Å². The van der Waals surface area contributed by atoms with Crippen LogP contribution in [-0.2, 0) is 17.0 Å². The topological polar surface area (TPSA) is 44.1 Å². The van der Waals surface area contributed by atoms with Crippen molar-refractivity contribution in [2.24, 2.45) is 0 Å². The summed E-state index contributed by atoms with van der Waals surface area (Å²) in [4.78, 5) is 17.5. The van der Waals surface area contributed by atoms with Crippen molar-refractivity contribution >= 4 is 45.9 Å². The number of fused-ring (bicyclic) bond motifs is 1. The van der Waals surface area contributed by atoms with Gasteiger partial charge >= 0.3 is 0 Å². The Hall–Kier alpha value is -1.53. The Bertz CT molecular complexity index is 959. The van der Waals surface area contributed by atoms with Gasteiger partial charge in [0.1, 0.15) is 0 Å². The second-order valence-corrected chi connectivity index (χ2v) is 7.24. The van der Waals surface area contributed by atoms with E-state index in [1.165, 1.54) is 11.8 Å². The van der Waals surface area contributed by atoms with Gasteiger partial charge in [-0.05, 0) is 35.9 Å². The summed E-state index contributed by atoms with van der Waals surface area (Å²) in [7, 11) is 1.61. The van der Waals surface area contributed by atoms with Crippen LogP contribution in [0.1, 0.15) is 5.56 Å². The van der Waals surface area contributed by atoms with E-state index in [1.807, 2.05) is 24.3 Å². The van der Waals surface area contributed by atoms with Gasteiger partial charge in [-0.3, -0.25) is 9.36 Å². The maximum atomic E-state index is 12.8. The first-order chi connectivity index (χ1) is 12.1. The van der Waals surface area contributed by atoms with Gasteiger partial charge in [0.05, 0.1) is 24.1 Å². The summed E-state index contributed by atoms with van der Waals surface area (Å²) in [5.74, 6) is 0.659. The third-order valence-corrected chi connectivity index (χ3v) is 5.18. The molecule has 0 fully saturated rings. The van der Waals surface area contributed by atoms with Gasteiger partial charge in [0.2, 0.25) is 0 Å². The fourth-order valence-electron chi connectivity index (χ4n) is 2.44. The molecule has 130 valence electrons. The highest BCUT2D eigenvalue weighted by molar-refractivity contribution is 7.98.